The SMILES string of the molecule is O=C1CC(c2cc([N+](=O)[O-])c(Cl)cc2Cl)=NO1. The molecule has 0 aromatic heterocycles. The van der Waals surface area contributed by atoms with Gasteiger partial charge in [-0.25, -0.2) is 4.79 Å². The first-order valence-electron chi connectivity index (χ1n) is 4.39. The molecule has 0 fully saturated rings. The smallest absolute Gasteiger partial charge is 0.318 e. The molecule has 8 heteroatoms. The second-order valence-corrected chi connectivity index (χ2v) is 4.03. The molecule has 88 valence electrons. The number of hydrogen-bond donors (Lipinski definition) is 0. The molecule has 2 rings (SSSR count). The van der Waals surface area contributed by atoms with Gasteiger partial charge >= 0.3 is 5.97 Å². The van der Waals surface area contributed by atoms with Gasteiger partial charge in [0, 0.05) is 11.6 Å². The fraction of sp³-hybridized carbons (Fsp3) is 0.111. The predicted octanol–water partition coefficient (Wildman–Crippen LogP) is 2.55. The molecule has 17 heavy (non-hydrogen) atoms. The van der Waals surface area contributed by atoms with Crippen molar-refractivity contribution in [3.05, 3.63) is 37.9 Å². The third-order valence-electron chi connectivity index (χ3n) is 2.11. The van der Waals surface area contributed by atoms with Crippen LogP contribution in [-0.4, -0.2) is 16.6 Å². The number of carbonyl (C=O) groups is 1. The molecule has 1 aromatic rings. The van der Waals surface area contributed by atoms with Crippen molar-refractivity contribution in [1.29, 1.82) is 0 Å². The molecule has 0 unspecified atom stereocenters. The monoisotopic (exact) mass is 274 g/mol. The summed E-state index contributed by atoms with van der Waals surface area (Å²) in [5, 5.41) is 14.3. The van der Waals surface area contributed by atoms with E-state index in [-0.39, 0.29) is 33.4 Å². The van der Waals surface area contributed by atoms with Crippen molar-refractivity contribution in [2.45, 2.75) is 6.42 Å². The van der Waals surface area contributed by atoms with E-state index in [9.17, 15) is 14.9 Å². The van der Waals surface area contributed by atoms with Gasteiger partial charge in [-0.15, -0.1) is 0 Å². The Kier molecular flexibility index (Phi) is 2.99. The van der Waals surface area contributed by atoms with Crippen LogP contribution in [-0.2, 0) is 9.63 Å². The van der Waals surface area contributed by atoms with Crippen LogP contribution < -0.4 is 0 Å². The van der Waals surface area contributed by atoms with Crippen molar-refractivity contribution in [3.63, 3.8) is 0 Å². The van der Waals surface area contributed by atoms with E-state index in [0.29, 0.717) is 0 Å². The fourth-order valence-corrected chi connectivity index (χ4v) is 1.91. The van der Waals surface area contributed by atoms with Crippen LogP contribution in [0, 0.1) is 10.1 Å². The van der Waals surface area contributed by atoms with Crippen LogP contribution in [0.25, 0.3) is 0 Å². The zero-order valence-corrected chi connectivity index (χ0v) is 9.66. The molecule has 0 amide bonds. The summed E-state index contributed by atoms with van der Waals surface area (Å²) >= 11 is 11.5. The number of oxime groups is 1. The van der Waals surface area contributed by atoms with E-state index in [0.717, 1.165) is 0 Å². The van der Waals surface area contributed by atoms with Gasteiger partial charge in [-0.2, -0.15) is 0 Å². The van der Waals surface area contributed by atoms with Gasteiger partial charge in [-0.05, 0) is 6.07 Å². The lowest BCUT2D eigenvalue weighted by molar-refractivity contribution is -0.384. The van der Waals surface area contributed by atoms with Gasteiger partial charge in [0.15, 0.2) is 0 Å². The lowest BCUT2D eigenvalue weighted by atomic mass is 10.1. The number of nitrogens with zero attached hydrogens (tertiary/aromatic N) is 2. The van der Waals surface area contributed by atoms with E-state index in [1.54, 1.807) is 0 Å². The first kappa shape index (κ1) is 11.8. The van der Waals surface area contributed by atoms with E-state index in [1.807, 2.05) is 0 Å². The normalized spacial score (nSPS) is 14.5. The molecule has 0 atom stereocenters. The summed E-state index contributed by atoms with van der Waals surface area (Å²) in [6.07, 6.45) is -0.0709. The van der Waals surface area contributed by atoms with Crippen LogP contribution >= 0.6 is 23.2 Å². The molecule has 0 bridgehead atoms. The summed E-state index contributed by atoms with van der Waals surface area (Å²) < 4.78 is 0. The van der Waals surface area contributed by atoms with E-state index < -0.39 is 10.9 Å². The highest BCUT2D eigenvalue weighted by atomic mass is 35.5. The molecule has 6 nitrogen and oxygen atoms in total. The molecular weight excluding hydrogens is 271 g/mol. The summed E-state index contributed by atoms with van der Waals surface area (Å²) in [5.74, 6) is -0.534. The predicted molar refractivity (Wildman–Crippen MR) is 60.4 cm³/mol. The molecular formula is C9H4Cl2N2O4. The molecule has 0 N–H and O–H groups in total. The minimum Gasteiger partial charge on any atom is -0.318 e. The van der Waals surface area contributed by atoms with E-state index >= 15 is 0 Å². The summed E-state index contributed by atoms with van der Waals surface area (Å²) in [6.45, 7) is 0. The Morgan fingerprint density at radius 3 is 2.59 bits per heavy atom. The molecule has 0 saturated carbocycles. The van der Waals surface area contributed by atoms with Crippen molar-refractivity contribution in [2.24, 2.45) is 5.16 Å². The van der Waals surface area contributed by atoms with E-state index in [1.165, 1.54) is 12.1 Å². The molecule has 1 heterocycles. The lowest BCUT2D eigenvalue weighted by Gasteiger charge is -2.03. The number of halogens is 2. The molecule has 0 radical (unpaired) electrons. The molecule has 1 aliphatic rings. The molecule has 1 aliphatic heterocycles. The third-order valence-corrected chi connectivity index (χ3v) is 2.73. The quantitative estimate of drug-likeness (QED) is 0.471. The van der Waals surface area contributed by atoms with Crippen LogP contribution in [0.3, 0.4) is 0 Å². The highest BCUT2D eigenvalue weighted by Crippen LogP contribution is 2.32. The first-order chi connectivity index (χ1) is 7.99. The number of nitro benzene ring substituents is 1. The highest BCUT2D eigenvalue weighted by molar-refractivity contribution is 6.38. The van der Waals surface area contributed by atoms with Crippen molar-refractivity contribution in [1.82, 2.24) is 0 Å². The zero-order chi connectivity index (χ0) is 12.6. The summed E-state index contributed by atoms with van der Waals surface area (Å²) in [4.78, 5) is 25.3. The molecule has 0 saturated heterocycles. The second kappa shape index (κ2) is 4.31. The first-order valence-corrected chi connectivity index (χ1v) is 5.15. The van der Waals surface area contributed by atoms with Crippen molar-refractivity contribution >= 4 is 40.6 Å². The molecule has 0 aliphatic carbocycles. The third kappa shape index (κ3) is 2.22. The summed E-state index contributed by atoms with van der Waals surface area (Å²) in [6, 6.07) is 2.41. The average Bonchev–Trinajstić information content (AvgIpc) is 2.64. The van der Waals surface area contributed by atoms with Gasteiger partial charge in [-0.3, -0.25) is 10.1 Å². The Hall–Kier alpha value is -1.66. The molecule has 1 aromatic carbocycles. The number of benzene rings is 1. The van der Waals surface area contributed by atoms with Crippen LogP contribution in [0.5, 0.6) is 0 Å². The minimum absolute atomic E-state index is 0.0709. The van der Waals surface area contributed by atoms with Crippen LogP contribution in [0.1, 0.15) is 12.0 Å². The van der Waals surface area contributed by atoms with Gasteiger partial charge in [-0.1, -0.05) is 28.4 Å². The number of hydrogen-bond acceptors (Lipinski definition) is 5. The van der Waals surface area contributed by atoms with Gasteiger partial charge in [0.25, 0.3) is 5.69 Å². The number of nitro groups is 1. The summed E-state index contributed by atoms with van der Waals surface area (Å²) in [7, 11) is 0. The minimum atomic E-state index is -0.639. The maximum Gasteiger partial charge on any atom is 0.341 e. The van der Waals surface area contributed by atoms with Gasteiger partial charge in [0.2, 0.25) is 0 Å². The Bertz CT molecular complexity index is 556. The van der Waals surface area contributed by atoms with Crippen molar-refractivity contribution in [2.75, 3.05) is 0 Å². The van der Waals surface area contributed by atoms with Crippen molar-refractivity contribution in [3.8, 4) is 0 Å². The molecule has 0 spiro atoms. The largest absolute Gasteiger partial charge is 0.341 e. The number of carbonyl (C=O) groups excluding carboxylic acids is 1. The average molecular weight is 275 g/mol. The van der Waals surface area contributed by atoms with Gasteiger partial charge < -0.3 is 4.84 Å². The van der Waals surface area contributed by atoms with Crippen LogP contribution in [0.15, 0.2) is 17.3 Å². The second-order valence-electron chi connectivity index (χ2n) is 3.22. The summed E-state index contributed by atoms with van der Waals surface area (Å²) in [5.41, 5.74) is 0.224. The zero-order valence-electron chi connectivity index (χ0n) is 8.15. The van der Waals surface area contributed by atoms with E-state index in [4.69, 9.17) is 23.2 Å². The van der Waals surface area contributed by atoms with Gasteiger partial charge in [0.1, 0.15) is 10.7 Å². The van der Waals surface area contributed by atoms with Gasteiger partial charge in [0.05, 0.1) is 16.4 Å². The van der Waals surface area contributed by atoms with Crippen LogP contribution in [0.4, 0.5) is 5.69 Å². The standard InChI is InChI=1S/C9H4Cl2N2O4/c10-5-2-6(11)8(13(15)16)1-4(5)7-3-9(14)17-12-7/h1-2H,3H2. The van der Waals surface area contributed by atoms with E-state index in [2.05, 4.69) is 9.99 Å². The lowest BCUT2D eigenvalue weighted by Crippen LogP contribution is -2.03. The topological polar surface area (TPSA) is 81.8 Å². The fourth-order valence-electron chi connectivity index (χ4n) is 1.35. The maximum absolute atomic E-state index is 10.9. The Morgan fingerprint density at radius 1 is 1.35 bits per heavy atom. The van der Waals surface area contributed by atoms with Crippen molar-refractivity contribution < 1.29 is 14.6 Å². The Balaban J connectivity index is 2.51. The van der Waals surface area contributed by atoms with Crippen LogP contribution in [0.2, 0.25) is 10.0 Å². The maximum atomic E-state index is 10.9. The Morgan fingerprint density at radius 2 is 2.06 bits per heavy atom. The highest BCUT2D eigenvalue weighted by Gasteiger charge is 2.24. The number of rotatable bonds is 2. The Labute approximate surface area is 105 Å².